The summed E-state index contributed by atoms with van der Waals surface area (Å²) < 4.78 is 0. The van der Waals surface area contributed by atoms with Crippen LogP contribution in [0.25, 0.3) is 0 Å². The second-order valence-corrected chi connectivity index (χ2v) is 3.84. The maximum Gasteiger partial charge on any atom is 0.129 e. The number of hydrogen-bond acceptors (Lipinski definition) is 2. The summed E-state index contributed by atoms with van der Waals surface area (Å²) in [5.41, 5.74) is 3.36. The summed E-state index contributed by atoms with van der Waals surface area (Å²) in [5.74, 6) is 5.37. The first kappa shape index (κ1) is 10.9. The van der Waals surface area contributed by atoms with Gasteiger partial charge in [-0.1, -0.05) is 60.2 Å². The molecule has 0 bridgehead atoms. The van der Waals surface area contributed by atoms with Crippen LogP contribution in [-0.2, 0) is 4.84 Å². The van der Waals surface area contributed by atoms with Crippen LogP contribution < -0.4 is 5.90 Å². The minimum Gasteiger partial charge on any atom is -0.292 e. The van der Waals surface area contributed by atoms with E-state index in [9.17, 15) is 0 Å². The van der Waals surface area contributed by atoms with Crippen molar-refractivity contribution in [3.8, 4) is 0 Å². The average Bonchev–Trinajstić information content (AvgIpc) is 2.34. The monoisotopic (exact) mass is 213 g/mol. The third kappa shape index (κ3) is 2.30. The quantitative estimate of drug-likeness (QED) is 0.795. The van der Waals surface area contributed by atoms with Gasteiger partial charge in [-0.3, -0.25) is 4.84 Å². The molecule has 1 atom stereocenters. The van der Waals surface area contributed by atoms with Crippen molar-refractivity contribution < 1.29 is 4.84 Å². The summed E-state index contributed by atoms with van der Waals surface area (Å²) in [6, 6.07) is 18.2. The number of hydrogen-bond donors (Lipinski definition) is 1. The zero-order valence-electron chi connectivity index (χ0n) is 9.26. The van der Waals surface area contributed by atoms with Crippen LogP contribution in [0.15, 0.2) is 54.6 Å². The van der Waals surface area contributed by atoms with E-state index in [2.05, 4.69) is 19.1 Å². The van der Waals surface area contributed by atoms with Crippen molar-refractivity contribution in [2.75, 3.05) is 0 Å². The molecule has 2 aromatic rings. The topological polar surface area (TPSA) is 35.2 Å². The highest BCUT2D eigenvalue weighted by Gasteiger charge is 2.12. The van der Waals surface area contributed by atoms with E-state index >= 15 is 0 Å². The Bertz CT molecular complexity index is 436. The number of aryl methyl sites for hydroxylation is 1. The van der Waals surface area contributed by atoms with Crippen molar-refractivity contribution in [2.45, 2.75) is 13.0 Å². The lowest BCUT2D eigenvalue weighted by molar-refractivity contribution is 0.0813. The fraction of sp³-hybridized carbons (Fsp3) is 0.143. The molecule has 0 aliphatic rings. The lowest BCUT2D eigenvalue weighted by atomic mass is 10.0. The molecular formula is C14H15NO. The fourth-order valence-corrected chi connectivity index (χ4v) is 1.72. The molecule has 0 spiro atoms. The Balaban J connectivity index is 2.33. The zero-order valence-corrected chi connectivity index (χ0v) is 9.26. The highest BCUT2D eigenvalue weighted by molar-refractivity contribution is 5.31. The molecule has 0 saturated heterocycles. The maximum absolute atomic E-state index is 5.37. The Kier molecular flexibility index (Phi) is 3.34. The van der Waals surface area contributed by atoms with E-state index in [0.717, 1.165) is 11.1 Å². The Morgan fingerprint density at radius 3 is 2.00 bits per heavy atom. The molecule has 0 amide bonds. The molecule has 2 heteroatoms. The maximum atomic E-state index is 5.37. The number of nitrogens with two attached hydrogens (primary N) is 1. The van der Waals surface area contributed by atoms with Crippen LogP contribution in [0.1, 0.15) is 22.8 Å². The van der Waals surface area contributed by atoms with Gasteiger partial charge in [0.15, 0.2) is 0 Å². The van der Waals surface area contributed by atoms with Crippen LogP contribution >= 0.6 is 0 Å². The smallest absolute Gasteiger partial charge is 0.129 e. The van der Waals surface area contributed by atoms with Gasteiger partial charge in [0.25, 0.3) is 0 Å². The van der Waals surface area contributed by atoms with E-state index in [0.29, 0.717) is 0 Å². The zero-order chi connectivity index (χ0) is 11.4. The summed E-state index contributed by atoms with van der Waals surface area (Å²) in [6.07, 6.45) is -0.193. The van der Waals surface area contributed by atoms with Gasteiger partial charge >= 0.3 is 0 Å². The van der Waals surface area contributed by atoms with Crippen LogP contribution in [0.4, 0.5) is 0 Å². The Hall–Kier alpha value is -1.64. The molecule has 2 rings (SSSR count). The number of rotatable bonds is 3. The molecule has 0 saturated carbocycles. The normalized spacial score (nSPS) is 12.4. The Morgan fingerprint density at radius 2 is 1.44 bits per heavy atom. The van der Waals surface area contributed by atoms with Gasteiger partial charge in [-0.15, -0.1) is 0 Å². The molecule has 1 unspecified atom stereocenters. The highest BCUT2D eigenvalue weighted by atomic mass is 16.6. The van der Waals surface area contributed by atoms with E-state index in [4.69, 9.17) is 10.7 Å². The molecule has 0 aliphatic heterocycles. The molecule has 0 aliphatic carbocycles. The molecule has 0 aromatic heterocycles. The van der Waals surface area contributed by atoms with Gasteiger partial charge in [0.1, 0.15) is 6.10 Å². The molecule has 82 valence electrons. The molecule has 16 heavy (non-hydrogen) atoms. The first-order chi connectivity index (χ1) is 7.81. The summed E-state index contributed by atoms with van der Waals surface area (Å²) >= 11 is 0. The van der Waals surface area contributed by atoms with Gasteiger partial charge in [0.05, 0.1) is 0 Å². The van der Waals surface area contributed by atoms with Gasteiger partial charge in [0.2, 0.25) is 0 Å². The molecule has 0 heterocycles. The van der Waals surface area contributed by atoms with E-state index < -0.39 is 0 Å². The van der Waals surface area contributed by atoms with Gasteiger partial charge < -0.3 is 0 Å². The average molecular weight is 213 g/mol. The molecule has 0 radical (unpaired) electrons. The summed E-state index contributed by atoms with van der Waals surface area (Å²) in [7, 11) is 0. The van der Waals surface area contributed by atoms with Crippen LogP contribution in [-0.4, -0.2) is 0 Å². The molecular weight excluding hydrogens is 198 g/mol. The standard InChI is InChI=1S/C14H15NO/c1-11-7-9-13(10-8-11)14(16-15)12-5-3-2-4-6-12/h2-10,14H,15H2,1H3. The van der Waals surface area contributed by atoms with Crippen LogP contribution in [0.5, 0.6) is 0 Å². The second kappa shape index (κ2) is 4.92. The largest absolute Gasteiger partial charge is 0.292 e. The van der Waals surface area contributed by atoms with Crippen molar-refractivity contribution in [3.63, 3.8) is 0 Å². The predicted molar refractivity (Wildman–Crippen MR) is 64.7 cm³/mol. The summed E-state index contributed by atoms with van der Waals surface area (Å²) in [6.45, 7) is 2.06. The van der Waals surface area contributed by atoms with Crippen molar-refractivity contribution >= 4 is 0 Å². The van der Waals surface area contributed by atoms with Crippen molar-refractivity contribution in [2.24, 2.45) is 5.90 Å². The van der Waals surface area contributed by atoms with Crippen molar-refractivity contribution in [3.05, 3.63) is 71.3 Å². The van der Waals surface area contributed by atoms with E-state index in [1.54, 1.807) is 0 Å². The van der Waals surface area contributed by atoms with E-state index in [1.165, 1.54) is 5.56 Å². The van der Waals surface area contributed by atoms with Gasteiger partial charge in [-0.05, 0) is 18.1 Å². The summed E-state index contributed by atoms with van der Waals surface area (Å²) in [5, 5.41) is 0. The van der Waals surface area contributed by atoms with Gasteiger partial charge in [-0.2, -0.15) is 0 Å². The predicted octanol–water partition coefficient (Wildman–Crippen LogP) is 2.97. The third-order valence-corrected chi connectivity index (χ3v) is 2.62. The highest BCUT2D eigenvalue weighted by Crippen LogP contribution is 2.24. The lowest BCUT2D eigenvalue weighted by Crippen LogP contribution is -2.10. The number of benzene rings is 2. The van der Waals surface area contributed by atoms with Crippen molar-refractivity contribution in [1.29, 1.82) is 0 Å². The lowest BCUT2D eigenvalue weighted by Gasteiger charge is -2.15. The molecule has 0 fully saturated rings. The van der Waals surface area contributed by atoms with Crippen LogP contribution in [0, 0.1) is 6.92 Å². The SMILES string of the molecule is Cc1ccc(C(ON)c2ccccc2)cc1. The molecule has 2 N–H and O–H groups in total. The minimum absolute atomic E-state index is 0.193. The van der Waals surface area contributed by atoms with Crippen molar-refractivity contribution in [1.82, 2.24) is 0 Å². The molecule has 2 aromatic carbocycles. The summed E-state index contributed by atoms with van der Waals surface area (Å²) in [4.78, 5) is 5.06. The van der Waals surface area contributed by atoms with E-state index in [-0.39, 0.29) is 6.10 Å². The fourth-order valence-electron chi connectivity index (χ4n) is 1.72. The second-order valence-electron chi connectivity index (χ2n) is 3.84. The van der Waals surface area contributed by atoms with Crippen LogP contribution in [0.3, 0.4) is 0 Å². The first-order valence-corrected chi connectivity index (χ1v) is 5.28. The Morgan fingerprint density at radius 1 is 0.875 bits per heavy atom. The molecule has 2 nitrogen and oxygen atoms in total. The van der Waals surface area contributed by atoms with Gasteiger partial charge in [-0.25, -0.2) is 5.90 Å². The first-order valence-electron chi connectivity index (χ1n) is 5.28. The van der Waals surface area contributed by atoms with Crippen LogP contribution in [0.2, 0.25) is 0 Å². The van der Waals surface area contributed by atoms with Gasteiger partial charge in [0, 0.05) is 0 Å². The Labute approximate surface area is 95.6 Å². The third-order valence-electron chi connectivity index (χ3n) is 2.62. The minimum atomic E-state index is -0.193. The van der Waals surface area contributed by atoms with E-state index in [1.807, 2.05) is 42.5 Å².